The van der Waals surface area contributed by atoms with Crippen molar-refractivity contribution < 1.29 is 5.11 Å². The zero-order valence-corrected chi connectivity index (χ0v) is 10.8. The second kappa shape index (κ2) is 5.50. The lowest BCUT2D eigenvalue weighted by molar-refractivity contribution is 0.0792. The maximum absolute atomic E-state index is 9.48. The van der Waals surface area contributed by atoms with Crippen molar-refractivity contribution in [3.8, 4) is 0 Å². The normalized spacial score (nSPS) is 17.9. The van der Waals surface area contributed by atoms with Gasteiger partial charge in [0, 0.05) is 25.2 Å². The number of aliphatic hydroxyl groups is 1. The Morgan fingerprint density at radius 1 is 1.44 bits per heavy atom. The minimum absolute atomic E-state index is 0.116. The van der Waals surface area contributed by atoms with Gasteiger partial charge in [0.2, 0.25) is 0 Å². The molecule has 0 aromatic heterocycles. The van der Waals surface area contributed by atoms with Gasteiger partial charge in [0.05, 0.1) is 6.10 Å². The van der Waals surface area contributed by atoms with Crippen molar-refractivity contribution in [3.63, 3.8) is 0 Å². The number of nitrogens with one attached hydrogen (secondary N) is 1. The van der Waals surface area contributed by atoms with E-state index in [4.69, 9.17) is 11.1 Å². The van der Waals surface area contributed by atoms with Gasteiger partial charge in [0.1, 0.15) is 5.84 Å². The number of hydrogen-bond acceptors (Lipinski definition) is 3. The number of piperidine rings is 1. The average molecular weight is 247 g/mol. The van der Waals surface area contributed by atoms with Gasteiger partial charge in [-0.3, -0.25) is 10.3 Å². The minimum atomic E-state index is -0.123. The van der Waals surface area contributed by atoms with E-state index in [1.54, 1.807) is 0 Å². The third-order valence-corrected chi connectivity index (χ3v) is 3.60. The molecule has 1 saturated heterocycles. The number of nitrogens with zero attached hydrogens (tertiary/aromatic N) is 1. The van der Waals surface area contributed by atoms with Crippen LogP contribution in [-0.4, -0.2) is 35.0 Å². The van der Waals surface area contributed by atoms with Gasteiger partial charge in [-0.05, 0) is 37.0 Å². The van der Waals surface area contributed by atoms with E-state index in [0.717, 1.165) is 38.0 Å². The summed E-state index contributed by atoms with van der Waals surface area (Å²) in [6.45, 7) is 4.88. The molecule has 0 unspecified atom stereocenters. The standard InChI is InChI=1S/C14H21N3O/c1-10-8-11(14(15)16)2-3-12(10)9-17-6-4-13(18)5-7-17/h2-3,8,13,18H,4-7,9H2,1H3,(H3,15,16). The SMILES string of the molecule is Cc1cc(C(=N)N)ccc1CN1CCC(O)CC1. The quantitative estimate of drug-likeness (QED) is 0.555. The zero-order chi connectivity index (χ0) is 13.1. The minimum Gasteiger partial charge on any atom is -0.393 e. The van der Waals surface area contributed by atoms with Gasteiger partial charge in [0.15, 0.2) is 0 Å². The Morgan fingerprint density at radius 3 is 2.67 bits per heavy atom. The summed E-state index contributed by atoms with van der Waals surface area (Å²) < 4.78 is 0. The van der Waals surface area contributed by atoms with Crippen molar-refractivity contribution in [2.75, 3.05) is 13.1 Å². The van der Waals surface area contributed by atoms with E-state index >= 15 is 0 Å². The van der Waals surface area contributed by atoms with Crippen LogP contribution in [0.1, 0.15) is 29.5 Å². The van der Waals surface area contributed by atoms with Crippen LogP contribution in [0.4, 0.5) is 0 Å². The highest BCUT2D eigenvalue weighted by molar-refractivity contribution is 5.95. The summed E-state index contributed by atoms with van der Waals surface area (Å²) in [5.41, 5.74) is 8.71. The van der Waals surface area contributed by atoms with Crippen molar-refractivity contribution in [2.24, 2.45) is 5.73 Å². The lowest BCUT2D eigenvalue weighted by Gasteiger charge is -2.29. The molecule has 2 rings (SSSR count). The van der Waals surface area contributed by atoms with E-state index < -0.39 is 0 Å². The maximum Gasteiger partial charge on any atom is 0.122 e. The summed E-state index contributed by atoms with van der Waals surface area (Å²) in [7, 11) is 0. The fraction of sp³-hybridized carbons (Fsp3) is 0.500. The predicted octanol–water partition coefficient (Wildman–Crippen LogP) is 1.24. The Bertz CT molecular complexity index is 437. The molecule has 1 aromatic rings. The van der Waals surface area contributed by atoms with Crippen molar-refractivity contribution in [3.05, 3.63) is 34.9 Å². The topological polar surface area (TPSA) is 73.3 Å². The Hall–Kier alpha value is -1.39. The molecule has 0 spiro atoms. The van der Waals surface area contributed by atoms with Crippen LogP contribution in [0, 0.1) is 12.3 Å². The highest BCUT2D eigenvalue weighted by Crippen LogP contribution is 2.17. The molecule has 0 bridgehead atoms. The van der Waals surface area contributed by atoms with Gasteiger partial charge in [-0.15, -0.1) is 0 Å². The first-order valence-corrected chi connectivity index (χ1v) is 6.40. The van der Waals surface area contributed by atoms with Crippen molar-refractivity contribution in [2.45, 2.75) is 32.4 Å². The van der Waals surface area contributed by atoms with Crippen LogP contribution >= 0.6 is 0 Å². The number of aliphatic hydroxyl groups excluding tert-OH is 1. The number of nitrogens with two attached hydrogens (primary N) is 1. The van der Waals surface area contributed by atoms with Gasteiger partial charge in [-0.1, -0.05) is 12.1 Å². The monoisotopic (exact) mass is 247 g/mol. The second-order valence-corrected chi connectivity index (χ2v) is 5.06. The molecular formula is C14H21N3O. The Morgan fingerprint density at radius 2 is 2.11 bits per heavy atom. The molecule has 1 aliphatic heterocycles. The number of hydrogen-bond donors (Lipinski definition) is 3. The smallest absolute Gasteiger partial charge is 0.122 e. The van der Waals surface area contributed by atoms with Crippen LogP contribution in [0.5, 0.6) is 0 Å². The first kappa shape index (κ1) is 13.1. The highest BCUT2D eigenvalue weighted by Gasteiger charge is 2.17. The second-order valence-electron chi connectivity index (χ2n) is 5.06. The van der Waals surface area contributed by atoms with E-state index in [2.05, 4.69) is 17.9 Å². The predicted molar refractivity (Wildman–Crippen MR) is 72.7 cm³/mol. The lowest BCUT2D eigenvalue weighted by atomic mass is 10.0. The summed E-state index contributed by atoms with van der Waals surface area (Å²) in [5, 5.41) is 16.9. The van der Waals surface area contributed by atoms with E-state index in [1.807, 2.05) is 12.1 Å². The van der Waals surface area contributed by atoms with E-state index in [1.165, 1.54) is 11.1 Å². The molecule has 0 aliphatic carbocycles. The molecule has 1 aromatic carbocycles. The number of nitrogen functional groups attached to an aromatic ring is 1. The first-order chi connectivity index (χ1) is 8.56. The molecule has 1 aliphatic rings. The fourth-order valence-electron chi connectivity index (χ4n) is 2.36. The number of aryl methyl sites for hydroxylation is 1. The van der Waals surface area contributed by atoms with E-state index in [-0.39, 0.29) is 11.9 Å². The first-order valence-electron chi connectivity index (χ1n) is 6.40. The zero-order valence-electron chi connectivity index (χ0n) is 10.8. The van der Waals surface area contributed by atoms with Crippen molar-refractivity contribution >= 4 is 5.84 Å². The van der Waals surface area contributed by atoms with Gasteiger partial charge in [-0.25, -0.2) is 0 Å². The molecule has 1 fully saturated rings. The Labute approximate surface area is 108 Å². The van der Waals surface area contributed by atoms with Crippen LogP contribution < -0.4 is 5.73 Å². The molecule has 4 N–H and O–H groups in total. The third kappa shape index (κ3) is 3.09. The molecule has 0 radical (unpaired) electrons. The summed E-state index contributed by atoms with van der Waals surface area (Å²) in [4.78, 5) is 2.36. The van der Waals surface area contributed by atoms with Crippen molar-refractivity contribution in [1.29, 1.82) is 5.41 Å². The van der Waals surface area contributed by atoms with E-state index in [9.17, 15) is 5.11 Å². The Balaban J connectivity index is 2.03. The number of benzene rings is 1. The summed E-state index contributed by atoms with van der Waals surface area (Å²) in [5.74, 6) is 0.116. The molecular weight excluding hydrogens is 226 g/mol. The molecule has 4 heteroatoms. The molecule has 98 valence electrons. The molecule has 0 atom stereocenters. The van der Waals surface area contributed by atoms with Gasteiger partial charge in [-0.2, -0.15) is 0 Å². The summed E-state index contributed by atoms with van der Waals surface area (Å²) in [6.07, 6.45) is 1.61. The molecule has 18 heavy (non-hydrogen) atoms. The maximum atomic E-state index is 9.48. The summed E-state index contributed by atoms with van der Waals surface area (Å²) >= 11 is 0. The number of amidine groups is 1. The van der Waals surface area contributed by atoms with Crippen LogP contribution in [0.2, 0.25) is 0 Å². The Kier molecular flexibility index (Phi) is 3.99. The molecule has 4 nitrogen and oxygen atoms in total. The van der Waals surface area contributed by atoms with E-state index in [0.29, 0.717) is 0 Å². The lowest BCUT2D eigenvalue weighted by Crippen LogP contribution is -2.35. The highest BCUT2D eigenvalue weighted by atomic mass is 16.3. The molecule has 0 saturated carbocycles. The third-order valence-electron chi connectivity index (χ3n) is 3.60. The molecule has 1 heterocycles. The largest absolute Gasteiger partial charge is 0.393 e. The van der Waals surface area contributed by atoms with Crippen LogP contribution in [0.15, 0.2) is 18.2 Å². The van der Waals surface area contributed by atoms with Gasteiger partial charge < -0.3 is 10.8 Å². The van der Waals surface area contributed by atoms with Gasteiger partial charge in [0.25, 0.3) is 0 Å². The average Bonchev–Trinajstić information content (AvgIpc) is 2.34. The van der Waals surface area contributed by atoms with Crippen LogP contribution in [0.3, 0.4) is 0 Å². The molecule has 0 amide bonds. The number of likely N-dealkylation sites (tertiary alicyclic amines) is 1. The summed E-state index contributed by atoms with van der Waals surface area (Å²) in [6, 6.07) is 5.93. The number of rotatable bonds is 3. The van der Waals surface area contributed by atoms with Crippen LogP contribution in [-0.2, 0) is 6.54 Å². The van der Waals surface area contributed by atoms with Crippen LogP contribution in [0.25, 0.3) is 0 Å². The van der Waals surface area contributed by atoms with Crippen molar-refractivity contribution in [1.82, 2.24) is 4.90 Å². The fourth-order valence-corrected chi connectivity index (χ4v) is 2.36. The van der Waals surface area contributed by atoms with Gasteiger partial charge >= 0.3 is 0 Å².